The molecular weight excluding hydrogens is 528 g/mol. The quantitative estimate of drug-likeness (QED) is 0.233. The van der Waals surface area contributed by atoms with Crippen molar-refractivity contribution in [2.45, 2.75) is 0 Å². The van der Waals surface area contributed by atoms with E-state index in [4.69, 9.17) is 14.4 Å². The Kier molecular flexibility index (Phi) is 4.39. The van der Waals surface area contributed by atoms with E-state index in [1.165, 1.54) is 10.8 Å². The highest BCUT2D eigenvalue weighted by Crippen LogP contribution is 2.41. The molecule has 4 heterocycles. The van der Waals surface area contributed by atoms with Crippen molar-refractivity contribution in [2.24, 2.45) is 0 Å². The molecule has 0 saturated carbocycles. The summed E-state index contributed by atoms with van der Waals surface area (Å²) >= 11 is 0. The van der Waals surface area contributed by atoms with Gasteiger partial charge < -0.3 is 9.40 Å². The lowest BCUT2D eigenvalue weighted by Crippen LogP contribution is -2.04. The lowest BCUT2D eigenvalue weighted by Gasteiger charge is -2.12. The second kappa shape index (κ2) is 8.30. The van der Waals surface area contributed by atoms with Crippen molar-refractivity contribution < 1.29 is 4.42 Å². The predicted octanol–water partition coefficient (Wildman–Crippen LogP) is 9.93. The van der Waals surface area contributed by atoms with E-state index in [2.05, 4.69) is 113 Å². The van der Waals surface area contributed by atoms with Crippen LogP contribution in [-0.2, 0) is 0 Å². The monoisotopic (exact) mass is 550 g/mol. The molecule has 0 radical (unpaired) electrons. The SMILES string of the molecule is c1ccc(-c2nc(-n3c4ccccc4c4ccc5c6ccccc6[nH]c5c43)nc3ccc4c5ccccc5oc4c23)cc1. The van der Waals surface area contributed by atoms with Crippen molar-refractivity contribution in [3.8, 4) is 17.2 Å². The van der Waals surface area contributed by atoms with E-state index in [9.17, 15) is 0 Å². The van der Waals surface area contributed by atoms with Gasteiger partial charge in [0.15, 0.2) is 0 Å². The molecule has 0 unspecified atom stereocenters. The Morgan fingerprint density at radius 3 is 2.19 bits per heavy atom. The average molecular weight is 551 g/mol. The largest absolute Gasteiger partial charge is 0.455 e. The zero-order valence-electron chi connectivity index (χ0n) is 22.9. The van der Waals surface area contributed by atoms with Gasteiger partial charge in [-0.1, -0.05) is 97.1 Å². The third-order valence-electron chi connectivity index (χ3n) is 8.75. The van der Waals surface area contributed by atoms with Crippen LogP contribution >= 0.6 is 0 Å². The molecule has 0 atom stereocenters. The summed E-state index contributed by atoms with van der Waals surface area (Å²) in [6.07, 6.45) is 0. The summed E-state index contributed by atoms with van der Waals surface area (Å²) in [6, 6.07) is 44.2. The van der Waals surface area contributed by atoms with Gasteiger partial charge in [0.2, 0.25) is 5.95 Å². The van der Waals surface area contributed by atoms with Crippen LogP contribution in [0.1, 0.15) is 0 Å². The number of fused-ring (bicyclic) bond motifs is 12. The molecule has 5 nitrogen and oxygen atoms in total. The first-order chi connectivity index (χ1) is 21.3. The van der Waals surface area contributed by atoms with Crippen molar-refractivity contribution in [1.82, 2.24) is 19.5 Å². The van der Waals surface area contributed by atoms with Crippen molar-refractivity contribution in [1.29, 1.82) is 0 Å². The first kappa shape index (κ1) is 22.7. The molecule has 4 aromatic heterocycles. The third kappa shape index (κ3) is 3.05. The molecule has 0 aliphatic heterocycles. The van der Waals surface area contributed by atoms with Gasteiger partial charge in [0.1, 0.15) is 11.2 Å². The molecular formula is C38H22N4O. The maximum atomic E-state index is 6.50. The highest BCUT2D eigenvalue weighted by atomic mass is 16.3. The fourth-order valence-electron chi connectivity index (χ4n) is 6.87. The van der Waals surface area contributed by atoms with Gasteiger partial charge >= 0.3 is 0 Å². The van der Waals surface area contributed by atoms with E-state index in [0.29, 0.717) is 5.95 Å². The molecule has 200 valence electrons. The van der Waals surface area contributed by atoms with Gasteiger partial charge in [-0.3, -0.25) is 4.57 Å². The maximum absolute atomic E-state index is 6.50. The van der Waals surface area contributed by atoms with Crippen molar-refractivity contribution in [3.63, 3.8) is 0 Å². The number of H-pyrrole nitrogens is 1. The van der Waals surface area contributed by atoms with Crippen LogP contribution in [0.2, 0.25) is 0 Å². The fourth-order valence-corrected chi connectivity index (χ4v) is 6.87. The van der Waals surface area contributed by atoms with E-state index in [0.717, 1.165) is 76.9 Å². The minimum Gasteiger partial charge on any atom is -0.455 e. The van der Waals surface area contributed by atoms with E-state index < -0.39 is 0 Å². The zero-order chi connectivity index (χ0) is 28.1. The third-order valence-corrected chi connectivity index (χ3v) is 8.75. The van der Waals surface area contributed by atoms with Crippen molar-refractivity contribution in [3.05, 3.63) is 127 Å². The summed E-state index contributed by atoms with van der Waals surface area (Å²) in [5.74, 6) is 0.624. The van der Waals surface area contributed by atoms with Gasteiger partial charge in [0.05, 0.1) is 33.1 Å². The van der Waals surface area contributed by atoms with Crippen molar-refractivity contribution in [2.75, 3.05) is 0 Å². The van der Waals surface area contributed by atoms with Crippen LogP contribution in [0.4, 0.5) is 0 Å². The number of furan rings is 1. The van der Waals surface area contributed by atoms with E-state index in [1.54, 1.807) is 0 Å². The van der Waals surface area contributed by atoms with Crippen LogP contribution in [0.25, 0.3) is 93.7 Å². The van der Waals surface area contributed by atoms with Crippen LogP contribution in [0.3, 0.4) is 0 Å². The average Bonchev–Trinajstić information content (AvgIpc) is 3.74. The van der Waals surface area contributed by atoms with E-state index in [-0.39, 0.29) is 0 Å². The molecule has 0 amide bonds. The molecule has 10 rings (SSSR count). The first-order valence-electron chi connectivity index (χ1n) is 14.4. The Morgan fingerprint density at radius 1 is 0.558 bits per heavy atom. The van der Waals surface area contributed by atoms with Crippen LogP contribution in [-0.4, -0.2) is 19.5 Å². The molecule has 6 aromatic carbocycles. The normalized spacial score (nSPS) is 12.2. The van der Waals surface area contributed by atoms with Crippen LogP contribution < -0.4 is 0 Å². The highest BCUT2D eigenvalue weighted by Gasteiger charge is 2.22. The van der Waals surface area contributed by atoms with Gasteiger partial charge in [-0.2, -0.15) is 0 Å². The van der Waals surface area contributed by atoms with Crippen molar-refractivity contribution >= 4 is 76.5 Å². The molecule has 0 aliphatic rings. The molecule has 10 aromatic rings. The number of nitrogens with one attached hydrogen (secondary N) is 1. The second-order valence-corrected chi connectivity index (χ2v) is 11.1. The lowest BCUT2D eigenvalue weighted by atomic mass is 10.0. The predicted molar refractivity (Wildman–Crippen MR) is 176 cm³/mol. The first-order valence-corrected chi connectivity index (χ1v) is 14.4. The summed E-state index contributed by atoms with van der Waals surface area (Å²) in [7, 11) is 0. The standard InChI is InChI=1S/C38H22N4O/c1-2-10-22(11-3-1)34-33-30(21-20-28-25-14-6-9-17-32(25)43-37(28)33)40-38(41-34)42-31-16-8-5-13-24(31)27-19-18-26-23-12-4-7-15-29(23)39-35(26)36(27)42/h1-21,39H. The zero-order valence-corrected chi connectivity index (χ0v) is 22.9. The number of hydrogen-bond acceptors (Lipinski definition) is 3. The molecule has 0 aliphatic carbocycles. The minimum atomic E-state index is 0.624. The van der Waals surface area contributed by atoms with Gasteiger partial charge in [-0.05, 0) is 30.3 Å². The Morgan fingerprint density at radius 2 is 1.28 bits per heavy atom. The van der Waals surface area contributed by atoms with Crippen LogP contribution in [0.5, 0.6) is 0 Å². The summed E-state index contributed by atoms with van der Waals surface area (Å²) in [5.41, 5.74) is 8.68. The number of benzene rings is 6. The van der Waals surface area contributed by atoms with Gasteiger partial charge in [0, 0.05) is 43.4 Å². The second-order valence-electron chi connectivity index (χ2n) is 11.1. The number of hydrogen-bond donors (Lipinski definition) is 1. The van der Waals surface area contributed by atoms with E-state index in [1.807, 2.05) is 24.3 Å². The summed E-state index contributed by atoms with van der Waals surface area (Å²) in [5, 5.41) is 7.77. The van der Waals surface area contributed by atoms with Gasteiger partial charge in [-0.25, -0.2) is 9.97 Å². The lowest BCUT2D eigenvalue weighted by molar-refractivity contribution is 0.672. The van der Waals surface area contributed by atoms with Gasteiger partial charge in [0.25, 0.3) is 0 Å². The van der Waals surface area contributed by atoms with Crippen LogP contribution in [0, 0.1) is 0 Å². The maximum Gasteiger partial charge on any atom is 0.235 e. The molecule has 0 spiro atoms. The Balaban J connectivity index is 1.39. The minimum absolute atomic E-state index is 0.624. The van der Waals surface area contributed by atoms with Gasteiger partial charge in [-0.15, -0.1) is 0 Å². The molecule has 0 saturated heterocycles. The summed E-state index contributed by atoms with van der Waals surface area (Å²) < 4.78 is 8.72. The summed E-state index contributed by atoms with van der Waals surface area (Å²) in [4.78, 5) is 14.4. The van der Waals surface area contributed by atoms with Crippen LogP contribution in [0.15, 0.2) is 132 Å². The highest BCUT2D eigenvalue weighted by molar-refractivity contribution is 6.23. The molecule has 43 heavy (non-hydrogen) atoms. The number of nitrogens with zero attached hydrogens (tertiary/aromatic N) is 3. The molecule has 0 bridgehead atoms. The number of aromatic amines is 1. The molecule has 0 fully saturated rings. The number of rotatable bonds is 2. The molecule has 5 heteroatoms. The fraction of sp³-hybridized carbons (Fsp3) is 0. The van der Waals surface area contributed by atoms with E-state index >= 15 is 0 Å². The topological polar surface area (TPSA) is 59.6 Å². The smallest absolute Gasteiger partial charge is 0.235 e. The number of aromatic nitrogens is 4. The Labute approximate surface area is 244 Å². The summed E-state index contributed by atoms with van der Waals surface area (Å²) in [6.45, 7) is 0. The Hall–Kier alpha value is -5.94. The Bertz CT molecular complexity index is 2730. The number of para-hydroxylation sites is 3. The molecule has 1 N–H and O–H groups in total.